The Morgan fingerprint density at radius 1 is 1.03 bits per heavy atom. The summed E-state index contributed by atoms with van der Waals surface area (Å²) in [6.07, 6.45) is -0.0676. The first-order valence-electron chi connectivity index (χ1n) is 8.46. The summed E-state index contributed by atoms with van der Waals surface area (Å²) >= 11 is 1.89. The van der Waals surface area contributed by atoms with Gasteiger partial charge in [-0.3, -0.25) is 19.6 Å². The molecule has 4 N–H and O–H groups in total. The molecule has 30 heavy (non-hydrogen) atoms. The summed E-state index contributed by atoms with van der Waals surface area (Å²) in [5.41, 5.74) is 2.48. The second-order valence-electron chi connectivity index (χ2n) is 5.71. The number of benzene rings is 2. The first kappa shape index (κ1) is 23.9. The standard InChI is InChI=1S/C18H17F3IN3O5/c19-12-3-2-11(18(27)25-30-8-7-29-6-5-15(26)24-28)17(16(12)21)23-14-4-1-10(22)9-13(14)20/h1-4,9,23,28H,5-8H2,(H,24,26)(H,25,27). The van der Waals surface area contributed by atoms with E-state index in [0.29, 0.717) is 3.57 Å². The monoisotopic (exact) mass is 539 g/mol. The molecule has 12 heteroatoms. The van der Waals surface area contributed by atoms with Gasteiger partial charge in [-0.25, -0.2) is 24.1 Å². The maximum Gasteiger partial charge on any atom is 0.277 e. The van der Waals surface area contributed by atoms with Crippen LogP contribution in [0.3, 0.4) is 0 Å². The van der Waals surface area contributed by atoms with Crippen LogP contribution in [-0.2, 0) is 14.4 Å². The lowest BCUT2D eigenvalue weighted by Gasteiger charge is -2.14. The largest absolute Gasteiger partial charge is 0.378 e. The predicted octanol–water partition coefficient (Wildman–Crippen LogP) is 3.03. The van der Waals surface area contributed by atoms with E-state index in [4.69, 9.17) is 14.8 Å². The Morgan fingerprint density at radius 2 is 1.80 bits per heavy atom. The number of amides is 2. The first-order valence-corrected chi connectivity index (χ1v) is 9.54. The fourth-order valence-electron chi connectivity index (χ4n) is 2.18. The quantitative estimate of drug-likeness (QED) is 0.160. The first-order chi connectivity index (χ1) is 14.3. The van der Waals surface area contributed by atoms with Crippen LogP contribution in [0.2, 0.25) is 0 Å². The van der Waals surface area contributed by atoms with Gasteiger partial charge >= 0.3 is 0 Å². The van der Waals surface area contributed by atoms with Crippen LogP contribution in [0.25, 0.3) is 0 Å². The van der Waals surface area contributed by atoms with Gasteiger partial charge in [-0.15, -0.1) is 0 Å². The third kappa shape index (κ3) is 6.83. The summed E-state index contributed by atoms with van der Waals surface area (Å²) in [4.78, 5) is 28.0. The average Bonchev–Trinajstić information content (AvgIpc) is 2.72. The molecule has 0 spiro atoms. The summed E-state index contributed by atoms with van der Waals surface area (Å²) in [5.74, 6) is -4.80. The number of hydroxylamine groups is 2. The van der Waals surface area contributed by atoms with Gasteiger partial charge in [0, 0.05) is 3.57 Å². The van der Waals surface area contributed by atoms with Crippen molar-refractivity contribution >= 4 is 45.8 Å². The van der Waals surface area contributed by atoms with Crippen LogP contribution < -0.4 is 16.3 Å². The van der Waals surface area contributed by atoms with Crippen molar-refractivity contribution in [2.24, 2.45) is 0 Å². The Bertz CT molecular complexity index is 917. The molecule has 0 saturated carbocycles. The minimum atomic E-state index is -1.36. The molecule has 2 rings (SSSR count). The molecule has 0 aromatic heterocycles. The molecule has 0 aliphatic rings. The molecule has 0 aliphatic carbocycles. The van der Waals surface area contributed by atoms with Gasteiger partial charge < -0.3 is 10.1 Å². The van der Waals surface area contributed by atoms with E-state index in [0.717, 1.165) is 12.1 Å². The molecule has 2 aromatic carbocycles. The molecule has 0 fully saturated rings. The van der Waals surface area contributed by atoms with Crippen molar-refractivity contribution in [3.05, 3.63) is 56.9 Å². The van der Waals surface area contributed by atoms with E-state index < -0.39 is 35.0 Å². The number of anilines is 2. The van der Waals surface area contributed by atoms with Crippen LogP contribution in [0.5, 0.6) is 0 Å². The highest BCUT2D eigenvalue weighted by Crippen LogP contribution is 2.28. The maximum absolute atomic E-state index is 14.3. The number of halogens is 4. The van der Waals surface area contributed by atoms with Gasteiger partial charge in [-0.1, -0.05) is 0 Å². The molecule has 0 heterocycles. The predicted molar refractivity (Wildman–Crippen MR) is 108 cm³/mol. The maximum atomic E-state index is 14.3. The van der Waals surface area contributed by atoms with E-state index in [1.165, 1.54) is 17.6 Å². The molecule has 2 aromatic rings. The van der Waals surface area contributed by atoms with Crippen LogP contribution >= 0.6 is 22.6 Å². The highest BCUT2D eigenvalue weighted by atomic mass is 127. The molecular weight excluding hydrogens is 522 g/mol. The molecule has 0 unspecified atom stereocenters. The lowest BCUT2D eigenvalue weighted by Crippen LogP contribution is -2.27. The summed E-state index contributed by atoms with van der Waals surface area (Å²) in [6, 6.07) is 5.85. The van der Waals surface area contributed by atoms with E-state index >= 15 is 0 Å². The Kier molecular flexibility index (Phi) is 9.29. The zero-order chi connectivity index (χ0) is 22.1. The van der Waals surface area contributed by atoms with E-state index in [2.05, 4.69) is 5.32 Å². The molecule has 0 saturated heterocycles. The number of rotatable bonds is 10. The van der Waals surface area contributed by atoms with E-state index in [9.17, 15) is 22.8 Å². The molecule has 0 bridgehead atoms. The Hall–Kier alpha value is -2.42. The molecule has 0 radical (unpaired) electrons. The van der Waals surface area contributed by atoms with Crippen molar-refractivity contribution in [1.29, 1.82) is 0 Å². The lowest BCUT2D eigenvalue weighted by atomic mass is 10.1. The molecule has 162 valence electrons. The van der Waals surface area contributed by atoms with Gasteiger partial charge in [0.05, 0.1) is 43.2 Å². The molecule has 2 amide bonds. The third-order valence-corrected chi connectivity index (χ3v) is 4.29. The van der Waals surface area contributed by atoms with Crippen molar-refractivity contribution in [2.45, 2.75) is 6.42 Å². The van der Waals surface area contributed by atoms with Crippen molar-refractivity contribution in [3.8, 4) is 0 Å². The SMILES string of the molecule is O=C(CCOCCONC(=O)c1ccc(F)c(F)c1Nc1ccc(I)cc1F)NO. The number of carbonyl (C=O) groups is 2. The van der Waals surface area contributed by atoms with Crippen molar-refractivity contribution in [3.63, 3.8) is 0 Å². The minimum absolute atomic E-state index is 0.00966. The Morgan fingerprint density at radius 3 is 2.50 bits per heavy atom. The van der Waals surface area contributed by atoms with Crippen LogP contribution in [0, 0.1) is 21.0 Å². The normalized spacial score (nSPS) is 10.6. The Balaban J connectivity index is 1.98. The lowest BCUT2D eigenvalue weighted by molar-refractivity contribution is -0.130. The summed E-state index contributed by atoms with van der Waals surface area (Å²) < 4.78 is 47.7. The number of hydrogen-bond acceptors (Lipinski definition) is 6. The summed E-state index contributed by atoms with van der Waals surface area (Å²) in [5, 5.41) is 10.7. The zero-order valence-electron chi connectivity index (χ0n) is 15.3. The van der Waals surface area contributed by atoms with Gasteiger partial charge in [0.1, 0.15) is 5.82 Å². The highest BCUT2D eigenvalue weighted by Gasteiger charge is 2.20. The van der Waals surface area contributed by atoms with Gasteiger partial charge in [-0.05, 0) is 52.9 Å². The third-order valence-electron chi connectivity index (χ3n) is 3.62. The van der Waals surface area contributed by atoms with Gasteiger partial charge in [-0.2, -0.15) is 0 Å². The fraction of sp³-hybridized carbons (Fsp3) is 0.222. The van der Waals surface area contributed by atoms with Crippen molar-refractivity contribution < 1.29 is 37.5 Å². The fourth-order valence-corrected chi connectivity index (χ4v) is 2.64. The van der Waals surface area contributed by atoms with Gasteiger partial charge in [0.2, 0.25) is 5.91 Å². The van der Waals surface area contributed by atoms with Crippen molar-refractivity contribution in [1.82, 2.24) is 11.0 Å². The van der Waals surface area contributed by atoms with E-state index in [1.54, 1.807) is 6.07 Å². The number of carbonyl (C=O) groups excluding carboxylic acids is 2. The highest BCUT2D eigenvalue weighted by molar-refractivity contribution is 14.1. The van der Waals surface area contributed by atoms with Gasteiger partial charge in [0.25, 0.3) is 5.91 Å². The molecular formula is C18H17F3IN3O5. The smallest absolute Gasteiger partial charge is 0.277 e. The van der Waals surface area contributed by atoms with E-state index in [1.807, 2.05) is 28.1 Å². The van der Waals surface area contributed by atoms with Crippen LogP contribution in [0.15, 0.2) is 30.3 Å². The van der Waals surface area contributed by atoms with Crippen molar-refractivity contribution in [2.75, 3.05) is 25.1 Å². The van der Waals surface area contributed by atoms with Gasteiger partial charge in [0.15, 0.2) is 11.6 Å². The molecule has 0 atom stereocenters. The van der Waals surface area contributed by atoms with Crippen LogP contribution in [0.1, 0.15) is 16.8 Å². The molecule has 8 nitrogen and oxygen atoms in total. The van der Waals surface area contributed by atoms with Crippen LogP contribution in [0.4, 0.5) is 24.5 Å². The number of nitrogens with one attached hydrogen (secondary N) is 3. The molecule has 0 aliphatic heterocycles. The van der Waals surface area contributed by atoms with Crippen LogP contribution in [-0.4, -0.2) is 36.8 Å². The zero-order valence-corrected chi connectivity index (χ0v) is 17.5. The second kappa shape index (κ2) is 11.7. The topological polar surface area (TPSA) is 109 Å². The van der Waals surface area contributed by atoms with E-state index in [-0.39, 0.29) is 37.5 Å². The Labute approximate surface area is 182 Å². The minimum Gasteiger partial charge on any atom is -0.378 e. The summed E-state index contributed by atoms with van der Waals surface area (Å²) in [6.45, 7) is -0.0804. The number of ether oxygens (including phenoxy) is 1. The average molecular weight is 539 g/mol. The second-order valence-corrected chi connectivity index (χ2v) is 6.96. The number of hydrogen-bond donors (Lipinski definition) is 4. The summed E-state index contributed by atoms with van der Waals surface area (Å²) in [7, 11) is 0.